The molecule has 2 unspecified atom stereocenters. The van der Waals surface area contributed by atoms with E-state index in [1.54, 1.807) is 6.33 Å². The smallest absolute Gasteiger partial charge is 0.115 e. The Morgan fingerprint density at radius 2 is 1.45 bits per heavy atom. The molecule has 0 fully saturated rings. The molecule has 0 saturated heterocycles. The molecule has 0 radical (unpaired) electrons. The number of benzene rings is 2. The summed E-state index contributed by atoms with van der Waals surface area (Å²) >= 11 is 0. The third-order valence-corrected chi connectivity index (χ3v) is 4.68. The van der Waals surface area contributed by atoms with E-state index >= 15 is 0 Å². The number of nitrogens with zero attached hydrogens (tertiary/aromatic N) is 2. The molecule has 2 nitrogen and oxygen atoms in total. The van der Waals surface area contributed by atoms with Crippen LogP contribution < -0.4 is 0 Å². The molecule has 0 N–H and O–H groups in total. The van der Waals surface area contributed by atoms with Crippen molar-refractivity contribution in [2.45, 2.75) is 25.2 Å². The van der Waals surface area contributed by atoms with Crippen LogP contribution in [0.1, 0.15) is 39.9 Å². The van der Waals surface area contributed by atoms with Crippen LogP contribution in [0.3, 0.4) is 0 Å². The molecule has 3 aromatic rings. The van der Waals surface area contributed by atoms with Crippen LogP contribution in [0.15, 0.2) is 67.0 Å². The molecule has 1 aliphatic rings. The summed E-state index contributed by atoms with van der Waals surface area (Å²) < 4.78 is 0. The van der Waals surface area contributed by atoms with Crippen LogP contribution in [0.2, 0.25) is 0 Å². The highest BCUT2D eigenvalue weighted by molar-refractivity contribution is 5.47. The highest BCUT2D eigenvalue weighted by atomic mass is 14.9. The third-order valence-electron chi connectivity index (χ3n) is 4.68. The molecule has 22 heavy (non-hydrogen) atoms. The van der Waals surface area contributed by atoms with E-state index < -0.39 is 0 Å². The van der Waals surface area contributed by atoms with E-state index in [2.05, 4.69) is 77.6 Å². The van der Waals surface area contributed by atoms with Crippen molar-refractivity contribution in [3.63, 3.8) is 0 Å². The van der Waals surface area contributed by atoms with Gasteiger partial charge in [-0.15, -0.1) is 0 Å². The molecule has 0 spiro atoms. The average molecular weight is 286 g/mol. The van der Waals surface area contributed by atoms with Crippen molar-refractivity contribution in [3.8, 4) is 0 Å². The zero-order chi connectivity index (χ0) is 14.9. The standard InChI is InChI=1S/C20H18N2/c1-14-19-18(22-13-21-14)12-17(15-8-4-2-5-9-15)20(19)16-10-6-3-7-11-16/h2-11,13,17,20H,12H2,1H3. The molecule has 1 aliphatic carbocycles. The minimum atomic E-state index is 0.347. The fourth-order valence-electron chi connectivity index (χ4n) is 3.70. The number of hydrogen-bond donors (Lipinski definition) is 0. The van der Waals surface area contributed by atoms with Crippen molar-refractivity contribution in [2.75, 3.05) is 0 Å². The number of rotatable bonds is 2. The van der Waals surface area contributed by atoms with Gasteiger partial charge in [-0.2, -0.15) is 0 Å². The van der Waals surface area contributed by atoms with Crippen molar-refractivity contribution in [1.29, 1.82) is 0 Å². The van der Waals surface area contributed by atoms with Crippen molar-refractivity contribution < 1.29 is 0 Å². The highest BCUT2D eigenvalue weighted by Crippen LogP contribution is 2.47. The maximum Gasteiger partial charge on any atom is 0.115 e. The van der Waals surface area contributed by atoms with Gasteiger partial charge in [-0.25, -0.2) is 9.97 Å². The van der Waals surface area contributed by atoms with Crippen LogP contribution >= 0.6 is 0 Å². The Hall–Kier alpha value is -2.48. The van der Waals surface area contributed by atoms with Gasteiger partial charge in [0.05, 0.1) is 0 Å². The third kappa shape index (κ3) is 2.12. The number of hydrogen-bond acceptors (Lipinski definition) is 2. The van der Waals surface area contributed by atoms with Crippen molar-refractivity contribution >= 4 is 0 Å². The second kappa shape index (κ2) is 5.38. The summed E-state index contributed by atoms with van der Waals surface area (Å²) in [6.45, 7) is 2.10. The van der Waals surface area contributed by atoms with Crippen LogP contribution in [0.4, 0.5) is 0 Å². The quantitative estimate of drug-likeness (QED) is 0.703. The zero-order valence-corrected chi connectivity index (χ0v) is 12.6. The summed E-state index contributed by atoms with van der Waals surface area (Å²) in [5.41, 5.74) is 6.37. The van der Waals surface area contributed by atoms with Crippen LogP contribution in [0, 0.1) is 6.92 Å². The van der Waals surface area contributed by atoms with Crippen LogP contribution in [-0.4, -0.2) is 9.97 Å². The molecule has 2 aromatic carbocycles. The van der Waals surface area contributed by atoms with Gasteiger partial charge in [0.15, 0.2) is 0 Å². The largest absolute Gasteiger partial charge is 0.241 e. The fourth-order valence-corrected chi connectivity index (χ4v) is 3.70. The molecule has 0 aliphatic heterocycles. The van der Waals surface area contributed by atoms with E-state index in [1.807, 2.05) is 0 Å². The maximum atomic E-state index is 4.56. The van der Waals surface area contributed by atoms with Gasteiger partial charge in [-0.1, -0.05) is 60.7 Å². The van der Waals surface area contributed by atoms with Gasteiger partial charge < -0.3 is 0 Å². The van der Waals surface area contributed by atoms with Gasteiger partial charge in [-0.05, 0) is 24.5 Å². The Morgan fingerprint density at radius 1 is 0.818 bits per heavy atom. The Morgan fingerprint density at radius 3 is 2.14 bits per heavy atom. The van der Waals surface area contributed by atoms with E-state index in [9.17, 15) is 0 Å². The molecule has 4 rings (SSSR count). The molecular formula is C20H18N2. The molecule has 1 heterocycles. The zero-order valence-electron chi connectivity index (χ0n) is 12.6. The molecule has 0 saturated carbocycles. The van der Waals surface area contributed by atoms with E-state index in [0.29, 0.717) is 11.8 Å². The van der Waals surface area contributed by atoms with Gasteiger partial charge in [0, 0.05) is 28.8 Å². The molecule has 2 heteroatoms. The molecule has 108 valence electrons. The Kier molecular flexibility index (Phi) is 3.23. The van der Waals surface area contributed by atoms with Gasteiger partial charge in [0.2, 0.25) is 0 Å². The van der Waals surface area contributed by atoms with Gasteiger partial charge in [0.1, 0.15) is 6.33 Å². The van der Waals surface area contributed by atoms with Crippen molar-refractivity contribution in [1.82, 2.24) is 9.97 Å². The normalized spacial score (nSPS) is 19.9. The lowest BCUT2D eigenvalue weighted by Gasteiger charge is -2.22. The summed E-state index contributed by atoms with van der Waals surface area (Å²) in [6.07, 6.45) is 2.69. The molecule has 0 amide bonds. The summed E-state index contributed by atoms with van der Waals surface area (Å²) in [6, 6.07) is 21.6. The van der Waals surface area contributed by atoms with E-state index in [0.717, 1.165) is 12.1 Å². The maximum absolute atomic E-state index is 4.56. The van der Waals surface area contributed by atoms with E-state index in [1.165, 1.54) is 22.4 Å². The van der Waals surface area contributed by atoms with Crippen LogP contribution in [-0.2, 0) is 6.42 Å². The summed E-state index contributed by atoms with van der Waals surface area (Å²) in [5, 5.41) is 0. The predicted octanol–water partition coefficient (Wildman–Crippen LogP) is 4.26. The van der Waals surface area contributed by atoms with E-state index in [-0.39, 0.29) is 0 Å². The number of aryl methyl sites for hydroxylation is 1. The minimum Gasteiger partial charge on any atom is -0.241 e. The first-order valence-corrected chi connectivity index (χ1v) is 7.75. The topological polar surface area (TPSA) is 25.8 Å². The first kappa shape index (κ1) is 13.2. The minimum absolute atomic E-state index is 0.347. The average Bonchev–Trinajstić information content (AvgIpc) is 2.97. The Balaban J connectivity index is 1.89. The lowest BCUT2D eigenvalue weighted by molar-refractivity contribution is 0.652. The fraction of sp³-hybridized carbons (Fsp3) is 0.200. The van der Waals surface area contributed by atoms with Gasteiger partial charge >= 0.3 is 0 Å². The number of aromatic nitrogens is 2. The Bertz CT molecular complexity index is 781. The SMILES string of the molecule is Cc1ncnc2c1C(c1ccccc1)C(c1ccccc1)C2. The second-order valence-corrected chi connectivity index (χ2v) is 5.93. The first-order valence-electron chi connectivity index (χ1n) is 7.75. The monoisotopic (exact) mass is 286 g/mol. The highest BCUT2D eigenvalue weighted by Gasteiger charge is 2.36. The molecule has 0 bridgehead atoms. The number of fused-ring (bicyclic) bond motifs is 1. The predicted molar refractivity (Wildman–Crippen MR) is 87.9 cm³/mol. The van der Waals surface area contributed by atoms with Crippen molar-refractivity contribution in [2.24, 2.45) is 0 Å². The van der Waals surface area contributed by atoms with Crippen LogP contribution in [0.5, 0.6) is 0 Å². The molecule has 2 atom stereocenters. The van der Waals surface area contributed by atoms with E-state index in [4.69, 9.17) is 0 Å². The second-order valence-electron chi connectivity index (χ2n) is 5.93. The Labute approximate surface area is 130 Å². The summed E-state index contributed by atoms with van der Waals surface area (Å²) in [7, 11) is 0. The van der Waals surface area contributed by atoms with Gasteiger partial charge in [-0.3, -0.25) is 0 Å². The van der Waals surface area contributed by atoms with Gasteiger partial charge in [0.25, 0.3) is 0 Å². The first-order chi connectivity index (χ1) is 10.8. The lowest BCUT2D eigenvalue weighted by Crippen LogP contribution is -2.09. The summed E-state index contributed by atoms with van der Waals surface area (Å²) in [5.74, 6) is 0.786. The van der Waals surface area contributed by atoms with Crippen LogP contribution in [0.25, 0.3) is 0 Å². The molecular weight excluding hydrogens is 268 g/mol. The lowest BCUT2D eigenvalue weighted by atomic mass is 9.81. The molecule has 1 aromatic heterocycles. The summed E-state index contributed by atoms with van der Waals surface area (Å²) in [4.78, 5) is 9.00. The van der Waals surface area contributed by atoms with Crippen molar-refractivity contribution in [3.05, 3.63) is 95.1 Å².